The number of hydrogen-bond acceptors (Lipinski definition) is 4. The second-order valence-electron chi connectivity index (χ2n) is 6.75. The maximum absolute atomic E-state index is 13.1. The van der Waals surface area contributed by atoms with Crippen molar-refractivity contribution < 1.29 is 14.3 Å². The van der Waals surface area contributed by atoms with Gasteiger partial charge in [-0.25, -0.2) is 4.39 Å². The number of nitrogens with two attached hydrogens (primary N) is 1. The average molecular weight is 356 g/mol. The topological polar surface area (TPSA) is 69.8 Å². The van der Waals surface area contributed by atoms with Gasteiger partial charge in [0.15, 0.2) is 0 Å². The van der Waals surface area contributed by atoms with Gasteiger partial charge in [-0.2, -0.15) is 0 Å². The highest BCUT2D eigenvalue weighted by atomic mass is 35.5. The van der Waals surface area contributed by atoms with E-state index in [4.69, 9.17) is 17.3 Å². The predicted molar refractivity (Wildman–Crippen MR) is 90.0 cm³/mol. The molecule has 0 radical (unpaired) electrons. The van der Waals surface area contributed by atoms with Gasteiger partial charge in [0, 0.05) is 24.2 Å². The van der Waals surface area contributed by atoms with Crippen LogP contribution in [0.4, 0.5) is 4.39 Å². The molecule has 2 atom stereocenters. The maximum atomic E-state index is 13.1. The number of aliphatic hydroxyl groups is 1. The molecule has 7 heteroatoms. The van der Waals surface area contributed by atoms with Crippen molar-refractivity contribution in [2.24, 2.45) is 5.73 Å². The number of aliphatic hydroxyl groups excluding tert-OH is 1. The molecule has 5 nitrogen and oxygen atoms in total. The lowest BCUT2D eigenvalue weighted by Gasteiger charge is -2.38. The van der Waals surface area contributed by atoms with Gasteiger partial charge in [-0.05, 0) is 50.0 Å². The quantitative estimate of drug-likeness (QED) is 0.855. The van der Waals surface area contributed by atoms with Crippen LogP contribution in [0.15, 0.2) is 18.2 Å². The number of primary amides is 1. The van der Waals surface area contributed by atoms with Crippen LogP contribution >= 0.6 is 11.6 Å². The van der Waals surface area contributed by atoms with Crippen LogP contribution in [-0.2, 0) is 11.3 Å². The van der Waals surface area contributed by atoms with Crippen LogP contribution in [0.2, 0.25) is 5.02 Å². The molecule has 0 unspecified atom stereocenters. The van der Waals surface area contributed by atoms with Crippen LogP contribution in [0.25, 0.3) is 0 Å². The fourth-order valence-corrected chi connectivity index (χ4v) is 4.05. The van der Waals surface area contributed by atoms with Gasteiger partial charge < -0.3 is 10.8 Å². The molecule has 2 fully saturated rings. The number of benzene rings is 1. The van der Waals surface area contributed by atoms with Crippen molar-refractivity contribution in [2.75, 3.05) is 19.6 Å². The van der Waals surface area contributed by atoms with Gasteiger partial charge in [-0.3, -0.25) is 14.6 Å². The zero-order valence-corrected chi connectivity index (χ0v) is 14.3. The molecule has 0 aliphatic carbocycles. The van der Waals surface area contributed by atoms with Crippen LogP contribution in [0.5, 0.6) is 0 Å². The molecule has 3 rings (SSSR count). The number of carbonyl (C=O) groups is 1. The van der Waals surface area contributed by atoms with E-state index in [-0.39, 0.29) is 23.8 Å². The van der Waals surface area contributed by atoms with Crippen LogP contribution < -0.4 is 5.73 Å². The first-order chi connectivity index (χ1) is 11.4. The molecule has 0 spiro atoms. The molecular weight excluding hydrogens is 333 g/mol. The first-order valence-corrected chi connectivity index (χ1v) is 8.71. The minimum Gasteiger partial charge on any atom is -0.392 e. The van der Waals surface area contributed by atoms with Crippen molar-refractivity contribution in [3.05, 3.63) is 34.6 Å². The first-order valence-electron chi connectivity index (χ1n) is 8.33. The second-order valence-corrected chi connectivity index (χ2v) is 7.15. The van der Waals surface area contributed by atoms with E-state index in [0.29, 0.717) is 24.5 Å². The van der Waals surface area contributed by atoms with Crippen molar-refractivity contribution >= 4 is 17.5 Å². The Morgan fingerprint density at radius 2 is 2.08 bits per heavy atom. The molecule has 2 aliphatic rings. The first kappa shape index (κ1) is 17.6. The van der Waals surface area contributed by atoms with Gasteiger partial charge in [-0.15, -0.1) is 0 Å². The predicted octanol–water partition coefficient (Wildman–Crippen LogP) is 1.36. The Kier molecular flexibility index (Phi) is 5.39. The lowest BCUT2D eigenvalue weighted by atomic mass is 10.0. The lowest BCUT2D eigenvalue weighted by Crippen LogP contribution is -2.50. The summed E-state index contributed by atoms with van der Waals surface area (Å²) in [6, 6.07) is 4.40. The lowest BCUT2D eigenvalue weighted by molar-refractivity contribution is -0.123. The number of nitrogens with zero attached hydrogens (tertiary/aromatic N) is 2. The molecule has 2 saturated heterocycles. The minimum absolute atomic E-state index is 0.264. The Bertz CT molecular complexity index is 607. The van der Waals surface area contributed by atoms with E-state index >= 15 is 0 Å². The van der Waals surface area contributed by atoms with E-state index < -0.39 is 6.10 Å². The third-order valence-corrected chi connectivity index (χ3v) is 5.43. The molecule has 3 N–H and O–H groups in total. The van der Waals surface area contributed by atoms with Crippen molar-refractivity contribution in [1.82, 2.24) is 9.80 Å². The Balaban J connectivity index is 1.56. The SMILES string of the molecule is NC(=O)[C@@H]1C[C@@H](O)CN1C1CCN(Cc2ccc(F)cc2Cl)CC1. The van der Waals surface area contributed by atoms with Crippen LogP contribution in [-0.4, -0.2) is 58.6 Å². The number of β-amino-alcohol motifs (C(OH)–C–C–N with tert-alkyl or cyclic N) is 1. The number of rotatable bonds is 4. The molecule has 1 amide bonds. The number of piperidine rings is 1. The summed E-state index contributed by atoms with van der Waals surface area (Å²) in [5, 5.41) is 10.3. The summed E-state index contributed by atoms with van der Waals surface area (Å²) in [5.41, 5.74) is 6.39. The summed E-state index contributed by atoms with van der Waals surface area (Å²) < 4.78 is 13.1. The van der Waals surface area contributed by atoms with Crippen molar-refractivity contribution in [2.45, 2.75) is 44.0 Å². The summed E-state index contributed by atoms with van der Waals surface area (Å²) in [6.07, 6.45) is 1.78. The molecule has 24 heavy (non-hydrogen) atoms. The highest BCUT2D eigenvalue weighted by Gasteiger charge is 2.39. The zero-order chi connectivity index (χ0) is 17.3. The molecule has 2 heterocycles. The minimum atomic E-state index is -0.474. The molecule has 132 valence electrons. The van der Waals surface area contributed by atoms with Crippen molar-refractivity contribution in [3.8, 4) is 0 Å². The standard InChI is InChI=1S/C17H23ClFN3O2/c18-15-7-12(19)2-1-11(15)9-21-5-3-13(4-6-21)22-10-14(23)8-16(22)17(20)24/h1-2,7,13-14,16,23H,3-6,8-10H2,(H2,20,24)/t14-,16+/m1/s1. The third-order valence-electron chi connectivity index (χ3n) is 5.08. The van der Waals surface area contributed by atoms with Gasteiger partial charge >= 0.3 is 0 Å². The highest BCUT2D eigenvalue weighted by molar-refractivity contribution is 6.31. The normalized spacial score (nSPS) is 26.8. The van der Waals surface area contributed by atoms with E-state index in [0.717, 1.165) is 31.5 Å². The average Bonchev–Trinajstić information content (AvgIpc) is 2.93. The summed E-state index contributed by atoms with van der Waals surface area (Å²) in [4.78, 5) is 15.9. The fraction of sp³-hybridized carbons (Fsp3) is 0.588. The van der Waals surface area contributed by atoms with E-state index in [1.165, 1.54) is 12.1 Å². The molecular formula is C17H23ClFN3O2. The molecule has 2 aliphatic heterocycles. The molecule has 0 saturated carbocycles. The molecule has 1 aromatic rings. The van der Waals surface area contributed by atoms with E-state index in [2.05, 4.69) is 9.80 Å². The number of amides is 1. The summed E-state index contributed by atoms with van der Waals surface area (Å²) in [5.74, 6) is -0.681. The van der Waals surface area contributed by atoms with Crippen molar-refractivity contribution in [3.63, 3.8) is 0 Å². The number of hydrogen-bond donors (Lipinski definition) is 2. The van der Waals surface area contributed by atoms with E-state index in [1.807, 2.05) is 0 Å². The number of halogens is 2. The van der Waals surface area contributed by atoms with E-state index in [1.54, 1.807) is 6.07 Å². The Hall–Kier alpha value is -1.21. The molecule has 0 aromatic heterocycles. The van der Waals surface area contributed by atoms with Gasteiger partial charge in [-0.1, -0.05) is 17.7 Å². The van der Waals surface area contributed by atoms with Crippen LogP contribution in [0.1, 0.15) is 24.8 Å². The second kappa shape index (κ2) is 7.35. The number of carbonyl (C=O) groups excluding carboxylic acids is 1. The van der Waals surface area contributed by atoms with Gasteiger partial charge in [0.1, 0.15) is 5.82 Å². The van der Waals surface area contributed by atoms with Gasteiger partial charge in [0.05, 0.1) is 12.1 Å². The zero-order valence-electron chi connectivity index (χ0n) is 13.5. The monoisotopic (exact) mass is 355 g/mol. The molecule has 1 aromatic carbocycles. The summed E-state index contributed by atoms with van der Waals surface area (Å²) >= 11 is 6.10. The number of likely N-dealkylation sites (tertiary alicyclic amines) is 2. The Morgan fingerprint density at radius 1 is 1.38 bits per heavy atom. The maximum Gasteiger partial charge on any atom is 0.234 e. The summed E-state index contributed by atoms with van der Waals surface area (Å²) in [6.45, 7) is 2.95. The van der Waals surface area contributed by atoms with Gasteiger partial charge in [0.25, 0.3) is 0 Å². The summed E-state index contributed by atoms with van der Waals surface area (Å²) in [7, 11) is 0. The van der Waals surface area contributed by atoms with Crippen LogP contribution in [0.3, 0.4) is 0 Å². The Morgan fingerprint density at radius 3 is 2.71 bits per heavy atom. The third kappa shape index (κ3) is 3.88. The largest absolute Gasteiger partial charge is 0.392 e. The van der Waals surface area contributed by atoms with E-state index in [9.17, 15) is 14.3 Å². The van der Waals surface area contributed by atoms with Crippen molar-refractivity contribution in [1.29, 1.82) is 0 Å². The smallest absolute Gasteiger partial charge is 0.234 e. The fourth-order valence-electron chi connectivity index (χ4n) is 3.82. The van der Waals surface area contributed by atoms with Crippen LogP contribution in [0, 0.1) is 5.82 Å². The van der Waals surface area contributed by atoms with Gasteiger partial charge in [0.2, 0.25) is 5.91 Å². The Labute approximate surface area is 146 Å². The highest BCUT2D eigenvalue weighted by Crippen LogP contribution is 2.27. The molecule has 0 bridgehead atoms.